The molecular formula is C29H34N4O2S2. The molecule has 3 heterocycles. The highest BCUT2D eigenvalue weighted by Gasteiger charge is 2.33. The Kier molecular flexibility index (Phi) is 8.56. The van der Waals surface area contributed by atoms with Crippen LogP contribution in [0.5, 0.6) is 0 Å². The number of hydrogen-bond donors (Lipinski definition) is 0. The lowest BCUT2D eigenvalue weighted by atomic mass is 9.98. The number of thiocarbonyl (C=S) groups is 1. The Morgan fingerprint density at radius 3 is 2.59 bits per heavy atom. The standard InChI is InChI=1S/C29H34N4O2S2/c1-5-6-14-32-26(31-13-7-8-20(3)17-31)23(21(4)24(16-30)27(32)34)15-25-28(35)33(29(36)37-25)18-22-11-9-19(2)10-12-22/h9-12,15,20H,5-8,13-14,17-18H2,1-4H3. The zero-order valence-electron chi connectivity index (χ0n) is 22.0. The van der Waals surface area contributed by atoms with Gasteiger partial charge in [0.1, 0.15) is 21.8 Å². The summed E-state index contributed by atoms with van der Waals surface area (Å²) in [5.74, 6) is 1.18. The lowest BCUT2D eigenvalue weighted by molar-refractivity contribution is -0.122. The first kappa shape index (κ1) is 27.2. The van der Waals surface area contributed by atoms with Crippen LogP contribution in [0.3, 0.4) is 0 Å². The minimum Gasteiger partial charge on any atom is -0.357 e. The second-order valence-electron chi connectivity index (χ2n) is 10.1. The van der Waals surface area contributed by atoms with Crippen LogP contribution < -0.4 is 10.5 Å². The summed E-state index contributed by atoms with van der Waals surface area (Å²) < 4.78 is 2.29. The number of pyridine rings is 1. The molecular weight excluding hydrogens is 500 g/mol. The first-order valence-corrected chi connectivity index (χ1v) is 14.2. The number of carbonyl (C=O) groups excluding carboxylic acids is 1. The SMILES string of the molecule is CCCCn1c(N2CCCC(C)C2)c(C=C2SC(=S)N(Cc3ccc(C)cc3)C2=O)c(C)c(C#N)c1=O. The number of aryl methyl sites for hydroxylation is 1. The summed E-state index contributed by atoms with van der Waals surface area (Å²) in [5, 5.41) is 9.90. The smallest absolute Gasteiger partial charge is 0.270 e. The fraction of sp³-hybridized carbons (Fsp3) is 0.448. The van der Waals surface area contributed by atoms with Crippen molar-refractivity contribution in [1.29, 1.82) is 5.26 Å². The van der Waals surface area contributed by atoms with Gasteiger partial charge in [0.15, 0.2) is 0 Å². The highest BCUT2D eigenvalue weighted by atomic mass is 32.2. The largest absolute Gasteiger partial charge is 0.357 e. The van der Waals surface area contributed by atoms with Crippen LogP contribution in [-0.4, -0.2) is 32.8 Å². The highest BCUT2D eigenvalue weighted by molar-refractivity contribution is 8.26. The zero-order chi connectivity index (χ0) is 26.7. The molecule has 0 radical (unpaired) electrons. The summed E-state index contributed by atoms with van der Waals surface area (Å²) in [7, 11) is 0. The summed E-state index contributed by atoms with van der Waals surface area (Å²) in [6.07, 6.45) is 5.83. The van der Waals surface area contributed by atoms with E-state index in [4.69, 9.17) is 12.2 Å². The second-order valence-corrected chi connectivity index (χ2v) is 11.8. The Bertz CT molecular complexity index is 1340. The number of anilines is 1. The molecule has 2 aliphatic heterocycles. The molecule has 2 aliphatic rings. The number of unbranched alkanes of at least 4 members (excludes halogenated alkanes) is 1. The third-order valence-corrected chi connectivity index (χ3v) is 8.53. The number of aromatic nitrogens is 1. The van der Waals surface area contributed by atoms with E-state index in [0.717, 1.165) is 61.3 Å². The Morgan fingerprint density at radius 2 is 1.95 bits per heavy atom. The molecule has 0 spiro atoms. The van der Waals surface area contributed by atoms with E-state index in [0.29, 0.717) is 33.8 Å². The van der Waals surface area contributed by atoms with E-state index < -0.39 is 0 Å². The summed E-state index contributed by atoms with van der Waals surface area (Å²) in [6.45, 7) is 10.8. The molecule has 0 saturated carbocycles. The van der Waals surface area contributed by atoms with Gasteiger partial charge >= 0.3 is 0 Å². The molecule has 1 aromatic heterocycles. The van der Waals surface area contributed by atoms with E-state index in [1.165, 1.54) is 11.8 Å². The van der Waals surface area contributed by atoms with Crippen LogP contribution >= 0.6 is 24.0 Å². The molecule has 0 aliphatic carbocycles. The maximum Gasteiger partial charge on any atom is 0.270 e. The molecule has 1 atom stereocenters. The number of amides is 1. The maximum absolute atomic E-state index is 13.5. The van der Waals surface area contributed by atoms with Gasteiger partial charge in [-0.05, 0) is 56.2 Å². The van der Waals surface area contributed by atoms with Crippen molar-refractivity contribution in [3.63, 3.8) is 0 Å². The molecule has 1 amide bonds. The molecule has 37 heavy (non-hydrogen) atoms. The van der Waals surface area contributed by atoms with Crippen LogP contribution in [0.25, 0.3) is 6.08 Å². The van der Waals surface area contributed by atoms with Crippen molar-refractivity contribution < 1.29 is 4.79 Å². The Labute approximate surface area is 229 Å². The van der Waals surface area contributed by atoms with Gasteiger partial charge in [0.05, 0.1) is 11.4 Å². The molecule has 1 aromatic carbocycles. The van der Waals surface area contributed by atoms with Gasteiger partial charge in [0.25, 0.3) is 11.5 Å². The predicted octanol–water partition coefficient (Wildman–Crippen LogP) is 5.77. The molecule has 2 saturated heterocycles. The van der Waals surface area contributed by atoms with Gasteiger partial charge in [0.2, 0.25) is 0 Å². The van der Waals surface area contributed by atoms with E-state index in [1.807, 2.05) is 44.2 Å². The number of piperidine rings is 1. The zero-order valence-corrected chi connectivity index (χ0v) is 23.7. The van der Waals surface area contributed by atoms with E-state index in [1.54, 1.807) is 9.47 Å². The Morgan fingerprint density at radius 1 is 1.22 bits per heavy atom. The summed E-state index contributed by atoms with van der Waals surface area (Å²) in [4.78, 5) is 31.4. The number of thioether (sulfide) groups is 1. The minimum absolute atomic E-state index is 0.141. The Balaban J connectivity index is 1.81. The summed E-state index contributed by atoms with van der Waals surface area (Å²) in [6, 6.07) is 10.2. The third-order valence-electron chi connectivity index (χ3n) is 7.15. The highest BCUT2D eigenvalue weighted by Crippen LogP contribution is 2.37. The fourth-order valence-electron chi connectivity index (χ4n) is 5.03. The van der Waals surface area contributed by atoms with Crippen LogP contribution in [-0.2, 0) is 17.9 Å². The molecule has 2 aromatic rings. The van der Waals surface area contributed by atoms with Crippen LogP contribution in [0.4, 0.5) is 5.82 Å². The number of carbonyl (C=O) groups is 1. The van der Waals surface area contributed by atoms with Crippen molar-refractivity contribution in [2.45, 2.75) is 66.5 Å². The Hall–Kier alpha value is -2.89. The van der Waals surface area contributed by atoms with Gasteiger partial charge in [-0.2, -0.15) is 5.26 Å². The average molecular weight is 535 g/mol. The van der Waals surface area contributed by atoms with Crippen molar-refractivity contribution in [3.8, 4) is 6.07 Å². The van der Waals surface area contributed by atoms with Crippen LogP contribution in [0.1, 0.15) is 67.3 Å². The van der Waals surface area contributed by atoms with Gasteiger partial charge in [-0.3, -0.25) is 19.1 Å². The molecule has 194 valence electrons. The quantitative estimate of drug-likeness (QED) is 0.332. The lowest BCUT2D eigenvalue weighted by Crippen LogP contribution is -2.40. The summed E-state index contributed by atoms with van der Waals surface area (Å²) >= 11 is 6.89. The average Bonchev–Trinajstić information content (AvgIpc) is 3.13. The van der Waals surface area contributed by atoms with E-state index in [2.05, 4.69) is 24.8 Å². The van der Waals surface area contributed by atoms with Crippen molar-refractivity contribution in [2.24, 2.45) is 5.92 Å². The van der Waals surface area contributed by atoms with Gasteiger partial charge in [-0.1, -0.05) is 74.1 Å². The number of nitriles is 1. The van der Waals surface area contributed by atoms with E-state index in [-0.39, 0.29) is 17.0 Å². The predicted molar refractivity (Wildman–Crippen MR) is 156 cm³/mol. The van der Waals surface area contributed by atoms with Gasteiger partial charge in [0, 0.05) is 25.2 Å². The topological polar surface area (TPSA) is 69.3 Å². The number of benzene rings is 1. The van der Waals surface area contributed by atoms with Crippen molar-refractivity contribution in [1.82, 2.24) is 9.47 Å². The third kappa shape index (κ3) is 5.68. The molecule has 1 unspecified atom stereocenters. The van der Waals surface area contributed by atoms with Crippen molar-refractivity contribution in [3.05, 3.63) is 67.3 Å². The number of rotatable bonds is 7. The molecule has 8 heteroatoms. The molecule has 0 bridgehead atoms. The molecule has 2 fully saturated rings. The fourth-order valence-corrected chi connectivity index (χ4v) is 6.27. The van der Waals surface area contributed by atoms with Gasteiger partial charge in [-0.15, -0.1) is 0 Å². The van der Waals surface area contributed by atoms with Crippen LogP contribution in [0.2, 0.25) is 0 Å². The lowest BCUT2D eigenvalue weighted by Gasteiger charge is -2.36. The van der Waals surface area contributed by atoms with Crippen LogP contribution in [0, 0.1) is 31.1 Å². The molecule has 4 rings (SSSR count). The molecule has 0 N–H and O–H groups in total. The van der Waals surface area contributed by atoms with Gasteiger partial charge in [-0.25, -0.2) is 0 Å². The summed E-state index contributed by atoms with van der Waals surface area (Å²) in [5.41, 5.74) is 3.48. The van der Waals surface area contributed by atoms with Crippen LogP contribution in [0.15, 0.2) is 34.0 Å². The second kappa shape index (κ2) is 11.7. The number of nitrogens with zero attached hydrogens (tertiary/aromatic N) is 4. The number of hydrogen-bond acceptors (Lipinski definition) is 6. The van der Waals surface area contributed by atoms with E-state index >= 15 is 0 Å². The monoisotopic (exact) mass is 534 g/mol. The first-order chi connectivity index (χ1) is 17.7. The molecule has 6 nitrogen and oxygen atoms in total. The van der Waals surface area contributed by atoms with Crippen molar-refractivity contribution >= 4 is 46.1 Å². The van der Waals surface area contributed by atoms with Crippen molar-refractivity contribution in [2.75, 3.05) is 18.0 Å². The first-order valence-electron chi connectivity index (χ1n) is 13.0. The minimum atomic E-state index is -0.245. The maximum atomic E-state index is 13.5. The van der Waals surface area contributed by atoms with E-state index in [9.17, 15) is 14.9 Å². The normalized spacial score (nSPS) is 19.1. The van der Waals surface area contributed by atoms with Gasteiger partial charge < -0.3 is 4.90 Å².